The van der Waals surface area contributed by atoms with E-state index < -0.39 is 0 Å². The number of rotatable bonds is 8. The minimum atomic E-state index is -0.266. The van der Waals surface area contributed by atoms with E-state index in [0.29, 0.717) is 18.8 Å². The number of hydrogen-bond acceptors (Lipinski definition) is 4. The van der Waals surface area contributed by atoms with Gasteiger partial charge in [-0.05, 0) is 30.2 Å². The van der Waals surface area contributed by atoms with Gasteiger partial charge in [-0.3, -0.25) is 14.6 Å². The normalized spacial score (nSPS) is 10.0. The first-order valence-corrected chi connectivity index (χ1v) is 7.87. The Hall–Kier alpha value is -2.89. The molecule has 24 heavy (non-hydrogen) atoms. The van der Waals surface area contributed by atoms with Gasteiger partial charge in [-0.15, -0.1) is 0 Å². The molecule has 0 atom stereocenters. The van der Waals surface area contributed by atoms with E-state index in [4.69, 9.17) is 4.74 Å². The van der Waals surface area contributed by atoms with Gasteiger partial charge in [0.05, 0.1) is 0 Å². The summed E-state index contributed by atoms with van der Waals surface area (Å²) in [6.07, 6.45) is 2.40. The van der Waals surface area contributed by atoms with E-state index in [9.17, 15) is 9.59 Å². The molecule has 0 aliphatic heterocycles. The van der Waals surface area contributed by atoms with E-state index in [0.717, 1.165) is 17.7 Å². The standard InChI is InChI=1S/C18H21N3O3/c1-2-14-7-3-4-9-16(14)24-13-17(22)20-11-12-21-18(23)15-8-5-6-10-19-15/h3-10H,2,11-13H2,1H3,(H,20,22)(H,21,23). The summed E-state index contributed by atoms with van der Waals surface area (Å²) < 4.78 is 5.53. The Balaban J connectivity index is 1.66. The molecule has 0 bridgehead atoms. The number of nitrogens with one attached hydrogen (secondary N) is 2. The second kappa shape index (κ2) is 9.29. The van der Waals surface area contributed by atoms with Crippen molar-refractivity contribution in [1.29, 1.82) is 0 Å². The molecule has 126 valence electrons. The predicted octanol–water partition coefficient (Wildman–Crippen LogP) is 1.57. The summed E-state index contributed by atoms with van der Waals surface area (Å²) in [5.74, 6) is 0.226. The van der Waals surface area contributed by atoms with Crippen molar-refractivity contribution in [2.24, 2.45) is 0 Å². The summed E-state index contributed by atoms with van der Waals surface area (Å²) in [6.45, 7) is 2.64. The second-order valence-electron chi connectivity index (χ2n) is 5.07. The van der Waals surface area contributed by atoms with Gasteiger partial charge in [0.2, 0.25) is 0 Å². The molecule has 1 heterocycles. The molecular formula is C18H21N3O3. The third-order valence-electron chi connectivity index (χ3n) is 3.34. The monoisotopic (exact) mass is 327 g/mol. The molecule has 0 saturated heterocycles. The summed E-state index contributed by atoms with van der Waals surface area (Å²) in [5, 5.41) is 5.39. The van der Waals surface area contributed by atoms with E-state index in [1.165, 1.54) is 0 Å². The molecule has 2 rings (SSSR count). The van der Waals surface area contributed by atoms with E-state index >= 15 is 0 Å². The Morgan fingerprint density at radius 2 is 1.79 bits per heavy atom. The van der Waals surface area contributed by atoms with Gasteiger partial charge in [0, 0.05) is 19.3 Å². The maximum Gasteiger partial charge on any atom is 0.269 e. The zero-order valence-electron chi connectivity index (χ0n) is 13.6. The van der Waals surface area contributed by atoms with Crippen molar-refractivity contribution in [2.45, 2.75) is 13.3 Å². The molecule has 1 aromatic carbocycles. The average Bonchev–Trinajstić information content (AvgIpc) is 2.64. The molecule has 0 aliphatic carbocycles. The summed E-state index contributed by atoms with van der Waals surface area (Å²) in [6, 6.07) is 12.8. The highest BCUT2D eigenvalue weighted by Gasteiger charge is 2.07. The SMILES string of the molecule is CCc1ccccc1OCC(=O)NCCNC(=O)c1ccccn1. The maximum absolute atomic E-state index is 11.8. The molecule has 2 amide bonds. The lowest BCUT2D eigenvalue weighted by atomic mass is 10.1. The number of carbonyl (C=O) groups is 2. The number of ether oxygens (including phenoxy) is 1. The van der Waals surface area contributed by atoms with Crippen LogP contribution in [0.5, 0.6) is 5.75 Å². The highest BCUT2D eigenvalue weighted by atomic mass is 16.5. The van der Waals surface area contributed by atoms with Crippen molar-refractivity contribution in [3.05, 3.63) is 59.9 Å². The van der Waals surface area contributed by atoms with Gasteiger partial charge in [0.25, 0.3) is 11.8 Å². The largest absolute Gasteiger partial charge is 0.483 e. The molecule has 0 radical (unpaired) electrons. The molecule has 6 heteroatoms. The van der Waals surface area contributed by atoms with Gasteiger partial charge in [0.15, 0.2) is 6.61 Å². The Kier molecular flexibility index (Phi) is 6.76. The lowest BCUT2D eigenvalue weighted by molar-refractivity contribution is -0.123. The molecule has 1 aromatic heterocycles. The molecule has 0 saturated carbocycles. The number of amides is 2. The number of pyridine rings is 1. The van der Waals surface area contributed by atoms with E-state index in [1.807, 2.05) is 31.2 Å². The zero-order chi connectivity index (χ0) is 17.2. The molecule has 0 unspecified atom stereocenters. The van der Waals surface area contributed by atoms with Gasteiger partial charge in [-0.25, -0.2) is 0 Å². The Bertz CT molecular complexity index is 674. The van der Waals surface area contributed by atoms with Crippen LogP contribution in [0, 0.1) is 0 Å². The van der Waals surface area contributed by atoms with E-state index in [1.54, 1.807) is 24.4 Å². The van der Waals surface area contributed by atoms with Crippen LogP contribution in [0.2, 0.25) is 0 Å². The number of nitrogens with zero attached hydrogens (tertiary/aromatic N) is 1. The first kappa shape index (κ1) is 17.5. The molecule has 6 nitrogen and oxygen atoms in total. The van der Waals surface area contributed by atoms with Crippen molar-refractivity contribution in [3.63, 3.8) is 0 Å². The molecule has 2 N–H and O–H groups in total. The molecular weight excluding hydrogens is 306 g/mol. The summed E-state index contributed by atoms with van der Waals surface area (Å²) in [7, 11) is 0. The van der Waals surface area contributed by atoms with Crippen LogP contribution in [-0.2, 0) is 11.2 Å². The third-order valence-corrected chi connectivity index (χ3v) is 3.34. The number of benzene rings is 1. The molecule has 0 spiro atoms. The lowest BCUT2D eigenvalue weighted by Gasteiger charge is -2.10. The number of para-hydroxylation sites is 1. The van der Waals surface area contributed by atoms with Crippen LogP contribution in [0.3, 0.4) is 0 Å². The maximum atomic E-state index is 11.8. The number of aromatic nitrogens is 1. The summed E-state index contributed by atoms with van der Waals surface area (Å²) in [5.41, 5.74) is 1.41. The summed E-state index contributed by atoms with van der Waals surface area (Å²) >= 11 is 0. The first-order valence-electron chi connectivity index (χ1n) is 7.87. The van der Waals surface area contributed by atoms with Crippen molar-refractivity contribution in [3.8, 4) is 5.75 Å². The van der Waals surface area contributed by atoms with Crippen LogP contribution in [-0.4, -0.2) is 36.5 Å². The summed E-state index contributed by atoms with van der Waals surface area (Å²) in [4.78, 5) is 27.5. The van der Waals surface area contributed by atoms with Crippen molar-refractivity contribution in [2.75, 3.05) is 19.7 Å². The minimum absolute atomic E-state index is 0.0504. The fourth-order valence-electron chi connectivity index (χ4n) is 2.10. The van der Waals surface area contributed by atoms with Crippen LogP contribution in [0.1, 0.15) is 23.0 Å². The predicted molar refractivity (Wildman–Crippen MR) is 90.9 cm³/mol. The topological polar surface area (TPSA) is 80.3 Å². The fourth-order valence-corrected chi connectivity index (χ4v) is 2.10. The zero-order valence-corrected chi connectivity index (χ0v) is 13.6. The van der Waals surface area contributed by atoms with Crippen LogP contribution in [0.4, 0.5) is 0 Å². The highest BCUT2D eigenvalue weighted by molar-refractivity contribution is 5.92. The Morgan fingerprint density at radius 3 is 2.54 bits per heavy atom. The van der Waals surface area contributed by atoms with Gasteiger partial charge in [-0.2, -0.15) is 0 Å². The average molecular weight is 327 g/mol. The fraction of sp³-hybridized carbons (Fsp3) is 0.278. The van der Waals surface area contributed by atoms with Crippen LogP contribution >= 0.6 is 0 Å². The Labute approximate surface area is 141 Å². The van der Waals surface area contributed by atoms with Crippen LogP contribution in [0.15, 0.2) is 48.7 Å². The van der Waals surface area contributed by atoms with Gasteiger partial charge in [-0.1, -0.05) is 31.2 Å². The number of hydrogen-bond donors (Lipinski definition) is 2. The lowest BCUT2D eigenvalue weighted by Crippen LogP contribution is -2.37. The number of carbonyl (C=O) groups excluding carboxylic acids is 2. The minimum Gasteiger partial charge on any atom is -0.483 e. The van der Waals surface area contributed by atoms with Gasteiger partial charge >= 0.3 is 0 Å². The molecule has 0 aliphatic rings. The Morgan fingerprint density at radius 1 is 1.04 bits per heavy atom. The van der Waals surface area contributed by atoms with E-state index in [2.05, 4.69) is 15.6 Å². The van der Waals surface area contributed by atoms with Crippen molar-refractivity contribution < 1.29 is 14.3 Å². The highest BCUT2D eigenvalue weighted by Crippen LogP contribution is 2.17. The first-order chi connectivity index (χ1) is 11.7. The second-order valence-corrected chi connectivity index (χ2v) is 5.07. The smallest absolute Gasteiger partial charge is 0.269 e. The van der Waals surface area contributed by atoms with Crippen molar-refractivity contribution in [1.82, 2.24) is 15.6 Å². The number of aryl methyl sites for hydroxylation is 1. The van der Waals surface area contributed by atoms with E-state index in [-0.39, 0.29) is 18.4 Å². The third kappa shape index (κ3) is 5.39. The van der Waals surface area contributed by atoms with Crippen LogP contribution in [0.25, 0.3) is 0 Å². The molecule has 2 aromatic rings. The quantitative estimate of drug-likeness (QED) is 0.721. The van der Waals surface area contributed by atoms with Gasteiger partial charge in [0.1, 0.15) is 11.4 Å². The van der Waals surface area contributed by atoms with Crippen LogP contribution < -0.4 is 15.4 Å². The van der Waals surface area contributed by atoms with Crippen molar-refractivity contribution >= 4 is 11.8 Å². The molecule has 0 fully saturated rings. The van der Waals surface area contributed by atoms with Gasteiger partial charge < -0.3 is 15.4 Å².